The molecule has 0 aliphatic rings. The van der Waals surface area contributed by atoms with Crippen LogP contribution in [0.25, 0.3) is 0 Å². The van der Waals surface area contributed by atoms with E-state index < -0.39 is 15.8 Å². The summed E-state index contributed by atoms with van der Waals surface area (Å²) in [6.07, 6.45) is 0. The standard InChI is InChI=1S/C14H13BrFNO3S/c15-13-7-12(4-5-14(13)16)17-21(19,20)9-11-3-1-2-10(6-11)8-18/h1-7,17-18H,8-9H2. The maximum Gasteiger partial charge on any atom is 0.236 e. The van der Waals surface area contributed by atoms with Gasteiger partial charge in [0.2, 0.25) is 10.0 Å². The van der Waals surface area contributed by atoms with Gasteiger partial charge < -0.3 is 5.11 Å². The summed E-state index contributed by atoms with van der Waals surface area (Å²) in [7, 11) is -3.62. The van der Waals surface area contributed by atoms with E-state index in [0.29, 0.717) is 11.1 Å². The Morgan fingerprint density at radius 1 is 1.14 bits per heavy atom. The van der Waals surface area contributed by atoms with Crippen LogP contribution in [0.1, 0.15) is 11.1 Å². The highest BCUT2D eigenvalue weighted by molar-refractivity contribution is 9.10. The summed E-state index contributed by atoms with van der Waals surface area (Å²) in [6.45, 7) is -0.147. The van der Waals surface area contributed by atoms with Gasteiger partial charge in [0.05, 0.1) is 16.8 Å². The Labute approximate surface area is 130 Å². The van der Waals surface area contributed by atoms with Crippen LogP contribution in [0.2, 0.25) is 0 Å². The van der Waals surface area contributed by atoms with Crippen molar-refractivity contribution in [2.45, 2.75) is 12.4 Å². The summed E-state index contributed by atoms with van der Waals surface area (Å²) >= 11 is 3.00. The van der Waals surface area contributed by atoms with Crippen LogP contribution >= 0.6 is 15.9 Å². The molecule has 0 aliphatic carbocycles. The van der Waals surface area contributed by atoms with Crippen molar-refractivity contribution >= 4 is 31.6 Å². The van der Waals surface area contributed by atoms with Gasteiger partial charge in [-0.1, -0.05) is 24.3 Å². The zero-order valence-electron chi connectivity index (χ0n) is 10.9. The number of nitrogens with one attached hydrogen (secondary N) is 1. The molecule has 0 atom stereocenters. The van der Waals surface area contributed by atoms with Gasteiger partial charge in [-0.2, -0.15) is 0 Å². The van der Waals surface area contributed by atoms with E-state index in [9.17, 15) is 12.8 Å². The molecule has 0 aromatic heterocycles. The van der Waals surface area contributed by atoms with Crippen molar-refractivity contribution in [2.24, 2.45) is 0 Å². The number of hydrogen-bond donors (Lipinski definition) is 2. The minimum atomic E-state index is -3.62. The van der Waals surface area contributed by atoms with Gasteiger partial charge in [0.15, 0.2) is 0 Å². The van der Waals surface area contributed by atoms with Crippen LogP contribution in [0.4, 0.5) is 10.1 Å². The predicted molar refractivity (Wildman–Crippen MR) is 82.7 cm³/mol. The minimum absolute atomic E-state index is 0.147. The SMILES string of the molecule is O=S(=O)(Cc1cccc(CO)c1)Nc1ccc(F)c(Br)c1. The van der Waals surface area contributed by atoms with E-state index in [0.717, 1.165) is 0 Å². The molecule has 2 aromatic carbocycles. The second kappa shape index (κ2) is 6.55. The molecule has 0 unspecified atom stereocenters. The number of halogens is 2. The molecule has 0 saturated carbocycles. The van der Waals surface area contributed by atoms with Crippen LogP contribution in [0.15, 0.2) is 46.9 Å². The Bertz CT molecular complexity index is 750. The Kier molecular flexibility index (Phi) is 4.97. The molecule has 0 saturated heterocycles. The number of benzene rings is 2. The summed E-state index contributed by atoms with van der Waals surface area (Å²) in [5.41, 5.74) is 1.49. The lowest BCUT2D eigenvalue weighted by Gasteiger charge is -2.09. The zero-order chi connectivity index (χ0) is 15.5. The summed E-state index contributed by atoms with van der Waals surface area (Å²) < 4.78 is 39.8. The molecule has 0 bridgehead atoms. The molecule has 2 aromatic rings. The number of sulfonamides is 1. The molecule has 0 heterocycles. The Morgan fingerprint density at radius 2 is 1.86 bits per heavy atom. The number of aliphatic hydroxyl groups is 1. The lowest BCUT2D eigenvalue weighted by atomic mass is 10.1. The van der Waals surface area contributed by atoms with Gasteiger partial charge in [-0.3, -0.25) is 4.72 Å². The zero-order valence-corrected chi connectivity index (χ0v) is 13.3. The normalized spacial score (nSPS) is 11.4. The Hall–Kier alpha value is -1.44. The van der Waals surface area contributed by atoms with Crippen LogP contribution in [0, 0.1) is 5.82 Å². The fraction of sp³-hybridized carbons (Fsp3) is 0.143. The van der Waals surface area contributed by atoms with E-state index in [1.165, 1.54) is 18.2 Å². The first-order chi connectivity index (χ1) is 9.89. The van der Waals surface area contributed by atoms with Gasteiger partial charge in [0.1, 0.15) is 5.82 Å². The second-order valence-electron chi connectivity index (χ2n) is 4.47. The van der Waals surface area contributed by atoms with Crippen LogP contribution in [-0.2, 0) is 22.4 Å². The average molecular weight is 374 g/mol. The van der Waals surface area contributed by atoms with Gasteiger partial charge in [0.25, 0.3) is 0 Å². The van der Waals surface area contributed by atoms with Crippen molar-refractivity contribution in [1.82, 2.24) is 0 Å². The molecule has 0 radical (unpaired) electrons. The van der Waals surface area contributed by atoms with E-state index in [1.807, 2.05) is 0 Å². The maximum absolute atomic E-state index is 13.1. The molecule has 0 aliphatic heterocycles. The van der Waals surface area contributed by atoms with Crippen LogP contribution < -0.4 is 4.72 Å². The molecular weight excluding hydrogens is 361 g/mol. The second-order valence-corrected chi connectivity index (χ2v) is 7.04. The molecule has 7 heteroatoms. The summed E-state index contributed by atoms with van der Waals surface area (Å²) in [4.78, 5) is 0. The highest BCUT2D eigenvalue weighted by atomic mass is 79.9. The van der Waals surface area contributed by atoms with Crippen LogP contribution in [-0.4, -0.2) is 13.5 Å². The molecule has 0 spiro atoms. The molecule has 21 heavy (non-hydrogen) atoms. The highest BCUT2D eigenvalue weighted by Crippen LogP contribution is 2.21. The fourth-order valence-electron chi connectivity index (χ4n) is 1.81. The fourth-order valence-corrected chi connectivity index (χ4v) is 3.37. The van der Waals surface area contributed by atoms with Crippen molar-refractivity contribution in [2.75, 3.05) is 4.72 Å². The van der Waals surface area contributed by atoms with Crippen molar-refractivity contribution in [3.63, 3.8) is 0 Å². The van der Waals surface area contributed by atoms with Crippen LogP contribution in [0.3, 0.4) is 0 Å². The smallest absolute Gasteiger partial charge is 0.236 e. The summed E-state index contributed by atoms with van der Waals surface area (Å²) in [5.74, 6) is -0.691. The molecule has 4 nitrogen and oxygen atoms in total. The van der Waals surface area contributed by atoms with Crippen molar-refractivity contribution in [3.05, 3.63) is 63.9 Å². The molecule has 0 fully saturated rings. The van der Waals surface area contributed by atoms with E-state index in [2.05, 4.69) is 20.7 Å². The van der Waals surface area contributed by atoms with Gasteiger partial charge in [-0.25, -0.2) is 12.8 Å². The number of rotatable bonds is 5. The Morgan fingerprint density at radius 3 is 2.52 bits per heavy atom. The molecule has 2 rings (SSSR count). The van der Waals surface area contributed by atoms with E-state index in [1.54, 1.807) is 24.3 Å². The largest absolute Gasteiger partial charge is 0.392 e. The third kappa shape index (κ3) is 4.52. The molecule has 112 valence electrons. The third-order valence-corrected chi connectivity index (χ3v) is 4.59. The lowest BCUT2D eigenvalue weighted by molar-refractivity contribution is 0.282. The first-order valence-corrected chi connectivity index (χ1v) is 8.48. The van der Waals surface area contributed by atoms with Gasteiger partial charge >= 0.3 is 0 Å². The first-order valence-electron chi connectivity index (χ1n) is 6.04. The number of anilines is 1. The van der Waals surface area contributed by atoms with Gasteiger partial charge in [0, 0.05) is 5.69 Å². The van der Waals surface area contributed by atoms with Crippen molar-refractivity contribution < 1.29 is 17.9 Å². The van der Waals surface area contributed by atoms with E-state index in [4.69, 9.17) is 5.11 Å². The topological polar surface area (TPSA) is 66.4 Å². The minimum Gasteiger partial charge on any atom is -0.392 e. The monoisotopic (exact) mass is 373 g/mol. The van der Waals surface area contributed by atoms with Crippen LogP contribution in [0.5, 0.6) is 0 Å². The maximum atomic E-state index is 13.1. The molecular formula is C14H13BrFNO3S. The van der Waals surface area contributed by atoms with Gasteiger partial charge in [-0.15, -0.1) is 0 Å². The van der Waals surface area contributed by atoms with Gasteiger partial charge in [-0.05, 0) is 45.3 Å². The van der Waals surface area contributed by atoms with Crippen molar-refractivity contribution in [1.29, 1.82) is 0 Å². The number of aliphatic hydroxyl groups excluding tert-OH is 1. The lowest BCUT2D eigenvalue weighted by Crippen LogP contribution is -2.15. The summed E-state index contributed by atoms with van der Waals surface area (Å²) in [6, 6.07) is 10.6. The van der Waals surface area contributed by atoms with E-state index >= 15 is 0 Å². The number of hydrogen-bond acceptors (Lipinski definition) is 3. The van der Waals surface area contributed by atoms with E-state index in [-0.39, 0.29) is 22.5 Å². The predicted octanol–water partition coefficient (Wildman–Crippen LogP) is 3.02. The quantitative estimate of drug-likeness (QED) is 0.846. The Balaban J connectivity index is 2.16. The first kappa shape index (κ1) is 15.9. The molecule has 0 amide bonds. The average Bonchev–Trinajstić information content (AvgIpc) is 2.42. The molecule has 2 N–H and O–H groups in total. The summed E-state index contributed by atoms with van der Waals surface area (Å²) in [5, 5.41) is 9.05. The third-order valence-electron chi connectivity index (χ3n) is 2.72. The van der Waals surface area contributed by atoms with Crippen molar-refractivity contribution in [3.8, 4) is 0 Å². The highest BCUT2D eigenvalue weighted by Gasteiger charge is 2.13.